The Hall–Kier alpha value is -0.610. The van der Waals surface area contributed by atoms with Crippen LogP contribution in [0.1, 0.15) is 38.3 Å². The van der Waals surface area contributed by atoms with E-state index in [0.717, 1.165) is 28.6 Å². The van der Waals surface area contributed by atoms with E-state index in [1.54, 1.807) is 0 Å². The van der Waals surface area contributed by atoms with Gasteiger partial charge in [-0.3, -0.25) is 0 Å². The van der Waals surface area contributed by atoms with Crippen LogP contribution in [0.5, 0.6) is 0 Å². The van der Waals surface area contributed by atoms with Crippen molar-refractivity contribution >= 4 is 21.7 Å². The number of rotatable bonds is 5. The van der Waals surface area contributed by atoms with Gasteiger partial charge in [-0.25, -0.2) is 4.98 Å². The Morgan fingerprint density at radius 1 is 1.42 bits per heavy atom. The molecule has 0 saturated carbocycles. The van der Waals surface area contributed by atoms with E-state index >= 15 is 0 Å². The summed E-state index contributed by atoms with van der Waals surface area (Å²) in [6, 6.07) is 4.85. The molecular formula is C15H24BrN3. The number of nitrogens with one attached hydrogen (secondary N) is 1. The zero-order valence-corrected chi connectivity index (χ0v) is 13.5. The van der Waals surface area contributed by atoms with Gasteiger partial charge in [0.1, 0.15) is 5.82 Å². The smallest absolute Gasteiger partial charge is 0.126 e. The van der Waals surface area contributed by atoms with Crippen LogP contribution >= 0.6 is 15.9 Å². The van der Waals surface area contributed by atoms with Crippen LogP contribution in [0.2, 0.25) is 0 Å². The molecular weight excluding hydrogens is 302 g/mol. The van der Waals surface area contributed by atoms with Gasteiger partial charge in [-0.1, -0.05) is 6.42 Å². The first-order valence-electron chi connectivity index (χ1n) is 7.28. The van der Waals surface area contributed by atoms with Crippen molar-refractivity contribution in [1.29, 1.82) is 0 Å². The van der Waals surface area contributed by atoms with Gasteiger partial charge in [0.25, 0.3) is 0 Å². The summed E-state index contributed by atoms with van der Waals surface area (Å²) in [6.07, 6.45) is 5.31. The number of halogens is 1. The Labute approximate surface area is 124 Å². The second kappa shape index (κ2) is 7.25. The number of piperidine rings is 1. The Morgan fingerprint density at radius 2 is 2.26 bits per heavy atom. The first kappa shape index (κ1) is 14.8. The third-order valence-corrected chi connectivity index (χ3v) is 4.73. The lowest BCUT2D eigenvalue weighted by Crippen LogP contribution is -2.38. The first-order chi connectivity index (χ1) is 9.16. The highest BCUT2D eigenvalue weighted by atomic mass is 79.9. The van der Waals surface area contributed by atoms with Gasteiger partial charge in [0.05, 0.1) is 5.69 Å². The molecule has 3 nitrogen and oxygen atoms in total. The van der Waals surface area contributed by atoms with Crippen LogP contribution in [0.4, 0.5) is 5.82 Å². The van der Waals surface area contributed by atoms with Crippen LogP contribution in [0.25, 0.3) is 0 Å². The molecule has 1 N–H and O–H groups in total. The van der Waals surface area contributed by atoms with Gasteiger partial charge in [-0.05, 0) is 67.7 Å². The minimum Gasteiger partial charge on any atom is -0.370 e. The molecule has 1 aromatic heterocycles. The maximum Gasteiger partial charge on any atom is 0.126 e. The summed E-state index contributed by atoms with van der Waals surface area (Å²) >= 11 is 3.47. The van der Waals surface area contributed by atoms with Crippen LogP contribution in [0.15, 0.2) is 16.6 Å². The molecule has 1 saturated heterocycles. The van der Waals surface area contributed by atoms with Crippen molar-refractivity contribution in [1.82, 2.24) is 9.88 Å². The maximum absolute atomic E-state index is 4.50. The Kier molecular flexibility index (Phi) is 5.64. The van der Waals surface area contributed by atoms with Gasteiger partial charge in [0, 0.05) is 23.6 Å². The van der Waals surface area contributed by atoms with Crippen molar-refractivity contribution in [2.24, 2.45) is 0 Å². The average Bonchev–Trinajstić information content (AvgIpc) is 2.40. The Balaban J connectivity index is 1.70. The van der Waals surface area contributed by atoms with Crippen LogP contribution < -0.4 is 5.32 Å². The molecule has 1 atom stereocenters. The fraction of sp³-hybridized carbons (Fsp3) is 0.667. The van der Waals surface area contributed by atoms with E-state index in [0.29, 0.717) is 0 Å². The largest absolute Gasteiger partial charge is 0.370 e. The van der Waals surface area contributed by atoms with Gasteiger partial charge in [-0.15, -0.1) is 0 Å². The molecule has 106 valence electrons. The van der Waals surface area contributed by atoms with Crippen molar-refractivity contribution in [2.75, 3.05) is 25.0 Å². The van der Waals surface area contributed by atoms with Gasteiger partial charge < -0.3 is 10.2 Å². The quantitative estimate of drug-likeness (QED) is 0.834. The molecule has 0 amide bonds. The number of nitrogens with zero attached hydrogens (tertiary/aromatic N) is 2. The molecule has 0 bridgehead atoms. The van der Waals surface area contributed by atoms with Gasteiger partial charge in [0.15, 0.2) is 0 Å². The third-order valence-electron chi connectivity index (χ3n) is 3.89. The molecule has 2 rings (SSSR count). The highest BCUT2D eigenvalue weighted by molar-refractivity contribution is 9.10. The second-order valence-electron chi connectivity index (χ2n) is 5.42. The van der Waals surface area contributed by atoms with Crippen LogP contribution in [-0.2, 0) is 0 Å². The normalized spacial score (nSPS) is 20.5. The second-order valence-corrected chi connectivity index (χ2v) is 6.28. The number of pyridine rings is 1. The molecule has 0 aliphatic carbocycles. The van der Waals surface area contributed by atoms with E-state index in [-0.39, 0.29) is 0 Å². The van der Waals surface area contributed by atoms with Crippen molar-refractivity contribution in [2.45, 2.75) is 45.6 Å². The maximum atomic E-state index is 4.50. The lowest BCUT2D eigenvalue weighted by atomic mass is 10.0. The van der Waals surface area contributed by atoms with E-state index in [2.05, 4.69) is 44.1 Å². The van der Waals surface area contributed by atoms with Gasteiger partial charge in [0.2, 0.25) is 0 Å². The standard InChI is InChI=1S/C15H24BrN3/c1-12-6-3-4-10-19(12)11-5-9-17-15-8-7-14(16)13(2)18-15/h7-8,12H,3-6,9-11H2,1-2H3,(H,17,18). The number of aromatic nitrogens is 1. The molecule has 1 unspecified atom stereocenters. The van der Waals surface area contributed by atoms with Crippen LogP contribution in [0, 0.1) is 6.92 Å². The van der Waals surface area contributed by atoms with Crippen molar-refractivity contribution in [3.8, 4) is 0 Å². The van der Waals surface area contributed by atoms with Crippen molar-refractivity contribution in [3.63, 3.8) is 0 Å². The zero-order valence-electron chi connectivity index (χ0n) is 12.0. The zero-order chi connectivity index (χ0) is 13.7. The number of hydrogen-bond donors (Lipinski definition) is 1. The molecule has 19 heavy (non-hydrogen) atoms. The average molecular weight is 326 g/mol. The molecule has 1 aliphatic rings. The van der Waals surface area contributed by atoms with E-state index in [4.69, 9.17) is 0 Å². The number of hydrogen-bond acceptors (Lipinski definition) is 3. The van der Waals surface area contributed by atoms with Crippen molar-refractivity contribution < 1.29 is 0 Å². The summed E-state index contributed by atoms with van der Waals surface area (Å²) < 4.78 is 1.07. The van der Waals surface area contributed by atoms with Crippen LogP contribution in [0.3, 0.4) is 0 Å². The molecule has 1 aromatic rings. The van der Waals surface area contributed by atoms with E-state index in [1.165, 1.54) is 38.8 Å². The number of anilines is 1. The third kappa shape index (κ3) is 4.46. The minimum absolute atomic E-state index is 0.766. The summed E-state index contributed by atoms with van der Waals surface area (Å²) in [5.74, 6) is 0.979. The highest BCUT2D eigenvalue weighted by Crippen LogP contribution is 2.17. The number of aryl methyl sites for hydroxylation is 1. The van der Waals surface area contributed by atoms with E-state index < -0.39 is 0 Å². The topological polar surface area (TPSA) is 28.2 Å². The fourth-order valence-electron chi connectivity index (χ4n) is 2.63. The van der Waals surface area contributed by atoms with Crippen molar-refractivity contribution in [3.05, 3.63) is 22.3 Å². The van der Waals surface area contributed by atoms with Gasteiger partial charge in [-0.2, -0.15) is 0 Å². The predicted octanol–water partition coefficient (Wildman–Crippen LogP) is 3.83. The molecule has 4 heteroatoms. The SMILES string of the molecule is Cc1nc(NCCCN2CCCCC2C)ccc1Br. The molecule has 2 heterocycles. The molecule has 0 radical (unpaired) electrons. The lowest BCUT2D eigenvalue weighted by Gasteiger charge is -2.33. The van der Waals surface area contributed by atoms with Gasteiger partial charge >= 0.3 is 0 Å². The van der Waals surface area contributed by atoms with E-state index in [9.17, 15) is 0 Å². The molecule has 0 spiro atoms. The summed E-state index contributed by atoms with van der Waals surface area (Å²) in [5, 5.41) is 3.41. The summed E-state index contributed by atoms with van der Waals surface area (Å²) in [5.41, 5.74) is 1.04. The van der Waals surface area contributed by atoms with Crippen LogP contribution in [-0.4, -0.2) is 35.6 Å². The Bertz CT molecular complexity index is 408. The fourth-order valence-corrected chi connectivity index (χ4v) is 2.85. The molecule has 1 aliphatic heterocycles. The minimum atomic E-state index is 0.766. The lowest BCUT2D eigenvalue weighted by molar-refractivity contribution is 0.160. The molecule has 0 aromatic carbocycles. The Morgan fingerprint density at radius 3 is 3.00 bits per heavy atom. The number of likely N-dealkylation sites (tertiary alicyclic amines) is 1. The highest BCUT2D eigenvalue weighted by Gasteiger charge is 2.16. The molecule has 1 fully saturated rings. The predicted molar refractivity (Wildman–Crippen MR) is 84.7 cm³/mol. The van der Waals surface area contributed by atoms with E-state index in [1.807, 2.05) is 13.0 Å². The first-order valence-corrected chi connectivity index (χ1v) is 8.07. The monoisotopic (exact) mass is 325 g/mol. The summed E-state index contributed by atoms with van der Waals surface area (Å²) in [7, 11) is 0. The summed E-state index contributed by atoms with van der Waals surface area (Å²) in [4.78, 5) is 7.12. The summed E-state index contributed by atoms with van der Waals surface area (Å²) in [6.45, 7) is 7.84.